The lowest BCUT2D eigenvalue weighted by molar-refractivity contribution is -0.0423. The summed E-state index contributed by atoms with van der Waals surface area (Å²) in [5.41, 5.74) is 7.90. The van der Waals surface area contributed by atoms with E-state index in [0.717, 1.165) is 11.3 Å². The molecule has 0 bridgehead atoms. The summed E-state index contributed by atoms with van der Waals surface area (Å²) >= 11 is 0. The number of aliphatic hydroxyl groups excluding tert-OH is 1. The van der Waals surface area contributed by atoms with Crippen LogP contribution < -0.4 is 10.6 Å². The van der Waals surface area contributed by atoms with Crippen molar-refractivity contribution in [1.29, 1.82) is 0 Å². The van der Waals surface area contributed by atoms with Crippen molar-refractivity contribution in [3.05, 3.63) is 16.8 Å². The number of rotatable bonds is 3. The number of morpholine rings is 1. The molecular formula is C13H21N5O3. The molecule has 1 aromatic rings. The highest BCUT2D eigenvalue weighted by Gasteiger charge is 2.29. The van der Waals surface area contributed by atoms with Crippen LogP contribution in [0, 0.1) is 13.8 Å². The van der Waals surface area contributed by atoms with Crippen molar-refractivity contribution in [3.8, 4) is 0 Å². The molecule has 1 aliphatic heterocycles. The normalized spacial score (nSPS) is 23.4. The van der Waals surface area contributed by atoms with E-state index in [9.17, 15) is 5.11 Å². The molecule has 2 heterocycles. The number of hydrogen-bond acceptors (Lipinski definition) is 7. The SMILES string of the molecule is Cc1nnc(N2CC(C)OC(CO)C2)c(C(N)=NO)c1C. The van der Waals surface area contributed by atoms with Gasteiger partial charge in [0.05, 0.1) is 30.1 Å². The van der Waals surface area contributed by atoms with Crippen molar-refractivity contribution in [2.45, 2.75) is 33.0 Å². The van der Waals surface area contributed by atoms with E-state index in [-0.39, 0.29) is 24.7 Å². The number of nitrogens with two attached hydrogens (primary N) is 1. The molecule has 4 N–H and O–H groups in total. The van der Waals surface area contributed by atoms with E-state index in [1.54, 1.807) is 0 Å². The predicted molar refractivity (Wildman–Crippen MR) is 77.7 cm³/mol. The fourth-order valence-corrected chi connectivity index (χ4v) is 2.49. The Hall–Kier alpha value is -1.93. The van der Waals surface area contributed by atoms with E-state index in [0.29, 0.717) is 24.5 Å². The van der Waals surface area contributed by atoms with Gasteiger partial charge in [-0.05, 0) is 26.3 Å². The average molecular weight is 295 g/mol. The van der Waals surface area contributed by atoms with E-state index in [1.807, 2.05) is 25.7 Å². The lowest BCUT2D eigenvalue weighted by Gasteiger charge is -2.37. The summed E-state index contributed by atoms with van der Waals surface area (Å²) in [5.74, 6) is 0.544. The first-order chi connectivity index (χ1) is 9.97. The lowest BCUT2D eigenvalue weighted by atomic mass is 10.1. The Kier molecular flexibility index (Phi) is 4.59. The van der Waals surface area contributed by atoms with Gasteiger partial charge in [0.1, 0.15) is 0 Å². The van der Waals surface area contributed by atoms with Crippen LogP contribution in [0.15, 0.2) is 5.16 Å². The van der Waals surface area contributed by atoms with E-state index in [4.69, 9.17) is 15.7 Å². The third kappa shape index (κ3) is 3.06. The van der Waals surface area contributed by atoms with Crippen LogP contribution >= 0.6 is 0 Å². The number of aryl methyl sites for hydroxylation is 1. The topological polar surface area (TPSA) is 117 Å². The Labute approximate surface area is 123 Å². The Morgan fingerprint density at radius 1 is 1.43 bits per heavy atom. The predicted octanol–water partition coefficient (Wildman–Crippen LogP) is -0.226. The molecule has 2 unspecified atom stereocenters. The highest BCUT2D eigenvalue weighted by molar-refractivity contribution is 6.02. The summed E-state index contributed by atoms with van der Waals surface area (Å²) in [4.78, 5) is 1.95. The molecule has 1 fully saturated rings. The number of amidine groups is 1. The Bertz CT molecular complexity index is 549. The number of hydrogen-bond donors (Lipinski definition) is 3. The van der Waals surface area contributed by atoms with Gasteiger partial charge in [-0.2, -0.15) is 5.10 Å². The minimum absolute atomic E-state index is 0.000179. The van der Waals surface area contributed by atoms with Gasteiger partial charge < -0.3 is 25.7 Å². The van der Waals surface area contributed by atoms with Gasteiger partial charge in [-0.3, -0.25) is 0 Å². The molecule has 0 amide bonds. The Morgan fingerprint density at radius 2 is 2.14 bits per heavy atom. The number of anilines is 1. The van der Waals surface area contributed by atoms with Gasteiger partial charge >= 0.3 is 0 Å². The van der Waals surface area contributed by atoms with Crippen LogP contribution in [0.5, 0.6) is 0 Å². The first kappa shape index (κ1) is 15.5. The van der Waals surface area contributed by atoms with Crippen LogP contribution in [0.1, 0.15) is 23.7 Å². The zero-order valence-corrected chi connectivity index (χ0v) is 12.4. The molecule has 0 aliphatic carbocycles. The maximum absolute atomic E-state index is 9.32. The van der Waals surface area contributed by atoms with Crippen molar-refractivity contribution >= 4 is 11.7 Å². The summed E-state index contributed by atoms with van der Waals surface area (Å²) < 4.78 is 5.62. The van der Waals surface area contributed by atoms with Crippen LogP contribution in [0.2, 0.25) is 0 Å². The third-order valence-corrected chi connectivity index (χ3v) is 3.63. The molecule has 0 aromatic carbocycles. The van der Waals surface area contributed by atoms with Gasteiger partial charge in [0.2, 0.25) is 0 Å². The van der Waals surface area contributed by atoms with Crippen molar-refractivity contribution in [1.82, 2.24) is 10.2 Å². The fraction of sp³-hybridized carbons (Fsp3) is 0.615. The molecule has 2 rings (SSSR count). The van der Waals surface area contributed by atoms with E-state index < -0.39 is 0 Å². The highest BCUT2D eigenvalue weighted by Crippen LogP contribution is 2.25. The molecule has 0 spiro atoms. The van der Waals surface area contributed by atoms with Crippen molar-refractivity contribution in [2.24, 2.45) is 10.9 Å². The molecule has 1 aliphatic rings. The number of aromatic nitrogens is 2. The second-order valence-electron chi connectivity index (χ2n) is 5.25. The number of aliphatic hydroxyl groups is 1. The quantitative estimate of drug-likeness (QED) is 0.305. The van der Waals surface area contributed by atoms with E-state index >= 15 is 0 Å². The van der Waals surface area contributed by atoms with Crippen molar-refractivity contribution < 1.29 is 15.1 Å². The fourth-order valence-electron chi connectivity index (χ4n) is 2.49. The Morgan fingerprint density at radius 3 is 2.76 bits per heavy atom. The summed E-state index contributed by atoms with van der Waals surface area (Å²) in [5, 5.41) is 29.7. The second-order valence-corrected chi connectivity index (χ2v) is 5.25. The molecule has 1 saturated heterocycles. The van der Waals surface area contributed by atoms with E-state index in [2.05, 4.69) is 15.4 Å². The van der Waals surface area contributed by atoms with Gasteiger partial charge in [0.15, 0.2) is 11.7 Å². The summed E-state index contributed by atoms with van der Waals surface area (Å²) in [6.07, 6.45) is -0.350. The number of ether oxygens (including phenoxy) is 1. The van der Waals surface area contributed by atoms with Gasteiger partial charge in [-0.25, -0.2) is 0 Å². The summed E-state index contributed by atoms with van der Waals surface area (Å²) in [6.45, 7) is 6.60. The minimum atomic E-state index is -0.294. The standard InChI is InChI=1S/C13H21N5O3/c1-7-4-18(5-10(6-19)21-7)13-11(12(14)17-20)8(2)9(3)15-16-13/h7,10,19-20H,4-6H2,1-3H3,(H2,14,17). The van der Waals surface area contributed by atoms with Crippen molar-refractivity contribution in [3.63, 3.8) is 0 Å². The molecule has 116 valence electrons. The van der Waals surface area contributed by atoms with E-state index in [1.165, 1.54) is 0 Å². The van der Waals surface area contributed by atoms with Crippen LogP contribution in [0.4, 0.5) is 5.82 Å². The van der Waals surface area contributed by atoms with Crippen LogP contribution in [0.25, 0.3) is 0 Å². The molecule has 1 aromatic heterocycles. The molecule has 21 heavy (non-hydrogen) atoms. The zero-order chi connectivity index (χ0) is 15.6. The molecule has 0 saturated carbocycles. The summed E-state index contributed by atoms with van der Waals surface area (Å²) in [6, 6.07) is 0. The van der Waals surface area contributed by atoms with Crippen LogP contribution in [-0.4, -0.2) is 58.3 Å². The zero-order valence-electron chi connectivity index (χ0n) is 12.4. The van der Waals surface area contributed by atoms with Crippen LogP contribution in [0.3, 0.4) is 0 Å². The molecule has 0 radical (unpaired) electrons. The average Bonchev–Trinajstić information content (AvgIpc) is 2.48. The Balaban J connectivity index is 2.45. The molecule has 8 heteroatoms. The maximum atomic E-state index is 9.32. The lowest BCUT2D eigenvalue weighted by Crippen LogP contribution is -2.49. The first-order valence-corrected chi connectivity index (χ1v) is 6.81. The van der Waals surface area contributed by atoms with Gasteiger partial charge in [0.25, 0.3) is 0 Å². The highest BCUT2D eigenvalue weighted by atomic mass is 16.5. The van der Waals surface area contributed by atoms with Crippen molar-refractivity contribution in [2.75, 3.05) is 24.6 Å². The van der Waals surface area contributed by atoms with Gasteiger partial charge in [-0.15, -0.1) is 5.10 Å². The minimum Gasteiger partial charge on any atom is -0.409 e. The molecule has 8 nitrogen and oxygen atoms in total. The summed E-state index contributed by atoms with van der Waals surface area (Å²) in [7, 11) is 0. The smallest absolute Gasteiger partial charge is 0.174 e. The van der Waals surface area contributed by atoms with Gasteiger partial charge in [0, 0.05) is 13.1 Å². The maximum Gasteiger partial charge on any atom is 0.174 e. The largest absolute Gasteiger partial charge is 0.409 e. The first-order valence-electron chi connectivity index (χ1n) is 6.81. The second kappa shape index (κ2) is 6.23. The molecule has 2 atom stereocenters. The molecular weight excluding hydrogens is 274 g/mol. The number of nitrogens with zero attached hydrogens (tertiary/aromatic N) is 4. The number of oxime groups is 1. The van der Waals surface area contributed by atoms with Gasteiger partial charge in [-0.1, -0.05) is 5.16 Å². The van der Waals surface area contributed by atoms with Crippen LogP contribution in [-0.2, 0) is 4.74 Å². The monoisotopic (exact) mass is 295 g/mol. The third-order valence-electron chi connectivity index (χ3n) is 3.63.